The predicted molar refractivity (Wildman–Crippen MR) is 94.1 cm³/mol. The maximum atomic E-state index is 12.6. The van der Waals surface area contributed by atoms with Crippen molar-refractivity contribution in [1.82, 2.24) is 19.9 Å². The van der Waals surface area contributed by atoms with Crippen LogP contribution in [0.5, 0.6) is 0 Å². The first-order chi connectivity index (χ1) is 11.5. The molecule has 0 unspecified atom stereocenters. The van der Waals surface area contributed by atoms with Crippen LogP contribution in [0.4, 0.5) is 0 Å². The zero-order chi connectivity index (χ0) is 17.3. The van der Waals surface area contributed by atoms with E-state index in [-0.39, 0.29) is 24.1 Å². The van der Waals surface area contributed by atoms with Crippen LogP contribution in [0.15, 0.2) is 35.5 Å². The van der Waals surface area contributed by atoms with Crippen molar-refractivity contribution in [2.45, 2.75) is 33.4 Å². The Morgan fingerprint density at radius 3 is 2.83 bits per heavy atom. The second-order valence-electron chi connectivity index (χ2n) is 5.68. The highest BCUT2D eigenvalue weighted by Gasteiger charge is 2.15. The number of amides is 1. The molecule has 0 aromatic carbocycles. The van der Waals surface area contributed by atoms with E-state index in [4.69, 9.17) is 0 Å². The third-order valence-electron chi connectivity index (χ3n) is 3.98. The molecule has 1 N–H and O–H groups in total. The molecule has 3 aromatic rings. The number of carbonyl (C=O) groups excluding carboxylic acids is 1. The minimum Gasteiger partial charge on any atom is -0.346 e. The number of pyridine rings is 1. The summed E-state index contributed by atoms with van der Waals surface area (Å²) in [5.74, 6) is -0.249. The van der Waals surface area contributed by atoms with E-state index in [0.29, 0.717) is 10.2 Å². The summed E-state index contributed by atoms with van der Waals surface area (Å²) in [7, 11) is 0. The molecule has 3 aromatic heterocycles. The molecule has 7 heteroatoms. The third-order valence-corrected chi connectivity index (χ3v) is 5.09. The average molecular weight is 342 g/mol. The van der Waals surface area contributed by atoms with Gasteiger partial charge in [-0.15, -0.1) is 11.3 Å². The Bertz CT molecular complexity index is 946. The predicted octanol–water partition coefficient (Wildman–Crippen LogP) is 2.35. The summed E-state index contributed by atoms with van der Waals surface area (Å²) in [6.45, 7) is 5.67. The van der Waals surface area contributed by atoms with Crippen molar-refractivity contribution in [2.75, 3.05) is 0 Å². The minimum absolute atomic E-state index is 0.0622. The van der Waals surface area contributed by atoms with Gasteiger partial charge in [-0.1, -0.05) is 6.07 Å². The van der Waals surface area contributed by atoms with Crippen LogP contribution in [-0.2, 0) is 11.3 Å². The summed E-state index contributed by atoms with van der Waals surface area (Å²) >= 11 is 1.50. The van der Waals surface area contributed by atoms with Crippen molar-refractivity contribution in [2.24, 2.45) is 0 Å². The van der Waals surface area contributed by atoms with Crippen molar-refractivity contribution >= 4 is 27.5 Å². The van der Waals surface area contributed by atoms with Gasteiger partial charge < -0.3 is 5.32 Å². The number of carbonyl (C=O) groups is 1. The van der Waals surface area contributed by atoms with Gasteiger partial charge in [0.05, 0.1) is 23.4 Å². The highest BCUT2D eigenvalue weighted by Crippen LogP contribution is 2.25. The summed E-state index contributed by atoms with van der Waals surface area (Å²) in [4.78, 5) is 35.1. The summed E-state index contributed by atoms with van der Waals surface area (Å²) in [6, 6.07) is 5.32. The Labute approximate surface area is 143 Å². The van der Waals surface area contributed by atoms with Crippen molar-refractivity contribution in [3.63, 3.8) is 0 Å². The van der Waals surface area contributed by atoms with Gasteiger partial charge in [0.25, 0.3) is 5.56 Å². The summed E-state index contributed by atoms with van der Waals surface area (Å²) in [6.07, 6.45) is 3.12. The van der Waals surface area contributed by atoms with Crippen LogP contribution in [0.1, 0.15) is 29.1 Å². The van der Waals surface area contributed by atoms with E-state index < -0.39 is 0 Å². The zero-order valence-corrected chi connectivity index (χ0v) is 14.6. The largest absolute Gasteiger partial charge is 0.346 e. The molecule has 1 amide bonds. The molecular formula is C17H18N4O2S. The summed E-state index contributed by atoms with van der Waals surface area (Å²) in [5.41, 5.74) is 1.53. The van der Waals surface area contributed by atoms with Crippen molar-refractivity contribution in [3.8, 4) is 0 Å². The lowest BCUT2D eigenvalue weighted by Gasteiger charge is -2.13. The lowest BCUT2D eigenvalue weighted by molar-refractivity contribution is -0.122. The van der Waals surface area contributed by atoms with Crippen LogP contribution in [-0.4, -0.2) is 20.4 Å². The molecule has 0 aliphatic carbocycles. The van der Waals surface area contributed by atoms with Gasteiger partial charge in [-0.3, -0.25) is 19.1 Å². The van der Waals surface area contributed by atoms with Crippen molar-refractivity contribution in [1.29, 1.82) is 0 Å². The SMILES string of the molecule is Cc1sc2ncn(CC(=O)N[C@H](C)c3ccccn3)c(=O)c2c1C. The molecule has 0 bridgehead atoms. The Balaban J connectivity index is 1.80. The van der Waals surface area contributed by atoms with E-state index in [0.717, 1.165) is 16.1 Å². The molecule has 124 valence electrons. The van der Waals surface area contributed by atoms with E-state index in [9.17, 15) is 9.59 Å². The molecular weight excluding hydrogens is 324 g/mol. The fourth-order valence-corrected chi connectivity index (χ4v) is 3.52. The van der Waals surface area contributed by atoms with E-state index >= 15 is 0 Å². The normalized spacial score (nSPS) is 12.3. The molecule has 0 spiro atoms. The van der Waals surface area contributed by atoms with Gasteiger partial charge in [-0.2, -0.15) is 0 Å². The smallest absolute Gasteiger partial charge is 0.262 e. The van der Waals surface area contributed by atoms with Gasteiger partial charge in [0.15, 0.2) is 0 Å². The van der Waals surface area contributed by atoms with Gasteiger partial charge in [0.1, 0.15) is 11.4 Å². The molecule has 3 heterocycles. The number of nitrogens with zero attached hydrogens (tertiary/aromatic N) is 3. The van der Waals surface area contributed by atoms with E-state index in [1.54, 1.807) is 6.20 Å². The molecule has 24 heavy (non-hydrogen) atoms. The fraction of sp³-hybridized carbons (Fsp3) is 0.294. The van der Waals surface area contributed by atoms with E-state index in [2.05, 4.69) is 15.3 Å². The van der Waals surface area contributed by atoms with Gasteiger partial charge >= 0.3 is 0 Å². The number of fused-ring (bicyclic) bond motifs is 1. The Kier molecular flexibility index (Phi) is 4.44. The number of thiophene rings is 1. The lowest BCUT2D eigenvalue weighted by Crippen LogP contribution is -2.34. The zero-order valence-electron chi connectivity index (χ0n) is 13.7. The second kappa shape index (κ2) is 6.52. The van der Waals surface area contributed by atoms with Crippen LogP contribution in [0, 0.1) is 13.8 Å². The first-order valence-corrected chi connectivity index (χ1v) is 8.44. The third kappa shape index (κ3) is 3.07. The minimum atomic E-state index is -0.249. The van der Waals surface area contributed by atoms with E-state index in [1.165, 1.54) is 22.2 Å². The Hall–Kier alpha value is -2.54. The number of aryl methyl sites for hydroxylation is 2. The first kappa shape index (κ1) is 16.3. The number of hydrogen-bond acceptors (Lipinski definition) is 5. The molecule has 0 aliphatic heterocycles. The molecule has 0 fully saturated rings. The molecule has 0 saturated heterocycles. The summed E-state index contributed by atoms with van der Waals surface area (Å²) < 4.78 is 1.35. The van der Waals surface area contributed by atoms with Crippen molar-refractivity contribution in [3.05, 3.63) is 57.2 Å². The molecule has 0 saturated carbocycles. The second-order valence-corrected chi connectivity index (χ2v) is 6.89. The molecule has 0 radical (unpaired) electrons. The van der Waals surface area contributed by atoms with Gasteiger partial charge in [-0.05, 0) is 38.5 Å². The molecule has 6 nitrogen and oxygen atoms in total. The fourth-order valence-electron chi connectivity index (χ4n) is 2.53. The standard InChI is InChI=1S/C17H18N4O2S/c1-10-12(3)24-16-15(10)17(23)21(9-19-16)8-14(22)20-11(2)13-6-4-5-7-18-13/h4-7,9,11H,8H2,1-3H3,(H,20,22)/t11-/m1/s1. The van der Waals surface area contributed by atoms with Gasteiger partial charge in [-0.25, -0.2) is 4.98 Å². The maximum Gasteiger partial charge on any atom is 0.262 e. The van der Waals surface area contributed by atoms with Crippen LogP contribution in [0.2, 0.25) is 0 Å². The van der Waals surface area contributed by atoms with Crippen LogP contribution >= 0.6 is 11.3 Å². The summed E-state index contributed by atoms with van der Waals surface area (Å²) in [5, 5.41) is 3.46. The lowest BCUT2D eigenvalue weighted by atomic mass is 10.2. The maximum absolute atomic E-state index is 12.6. The number of rotatable bonds is 4. The number of aromatic nitrogens is 3. The monoisotopic (exact) mass is 342 g/mol. The van der Waals surface area contributed by atoms with Crippen LogP contribution in [0.3, 0.4) is 0 Å². The van der Waals surface area contributed by atoms with E-state index in [1.807, 2.05) is 39.0 Å². The highest BCUT2D eigenvalue weighted by atomic mass is 32.1. The highest BCUT2D eigenvalue weighted by molar-refractivity contribution is 7.18. The molecule has 1 atom stereocenters. The molecule has 0 aliphatic rings. The van der Waals surface area contributed by atoms with Crippen LogP contribution in [0.25, 0.3) is 10.2 Å². The first-order valence-electron chi connectivity index (χ1n) is 7.63. The average Bonchev–Trinajstić information content (AvgIpc) is 2.86. The number of hydrogen-bond donors (Lipinski definition) is 1. The Morgan fingerprint density at radius 2 is 2.12 bits per heavy atom. The molecule has 3 rings (SSSR count). The van der Waals surface area contributed by atoms with Gasteiger partial charge in [0, 0.05) is 11.1 Å². The van der Waals surface area contributed by atoms with Gasteiger partial charge in [0.2, 0.25) is 5.91 Å². The van der Waals surface area contributed by atoms with Crippen molar-refractivity contribution < 1.29 is 4.79 Å². The topological polar surface area (TPSA) is 76.9 Å². The van der Waals surface area contributed by atoms with Crippen LogP contribution < -0.4 is 10.9 Å². The Morgan fingerprint density at radius 1 is 1.33 bits per heavy atom. The quantitative estimate of drug-likeness (QED) is 0.789. The number of nitrogens with one attached hydrogen (secondary N) is 1.